The molecule has 5 nitrogen and oxygen atoms in total. The Morgan fingerprint density at radius 3 is 2.93 bits per heavy atom. The summed E-state index contributed by atoms with van der Waals surface area (Å²) in [6.07, 6.45) is 5.13. The van der Waals surface area contributed by atoms with Crippen LogP contribution in [0, 0.1) is 0 Å². The first-order valence-corrected chi connectivity index (χ1v) is 10.5. The van der Waals surface area contributed by atoms with E-state index in [4.69, 9.17) is 20.8 Å². The molecular weight excluding hydrogens is 388 g/mol. The third kappa shape index (κ3) is 4.98. The van der Waals surface area contributed by atoms with Gasteiger partial charge in [-0.15, -0.1) is 0 Å². The average Bonchev–Trinajstić information content (AvgIpc) is 3.13. The fraction of sp³-hybridized carbons (Fsp3) is 0.391. The van der Waals surface area contributed by atoms with Gasteiger partial charge in [-0.05, 0) is 61.6 Å². The van der Waals surface area contributed by atoms with Crippen LogP contribution in [0.4, 0.5) is 0 Å². The largest absolute Gasteiger partial charge is 0.440 e. The summed E-state index contributed by atoms with van der Waals surface area (Å²) < 4.78 is 11.7. The van der Waals surface area contributed by atoms with Crippen LogP contribution in [-0.4, -0.2) is 42.1 Å². The van der Waals surface area contributed by atoms with Crippen molar-refractivity contribution in [3.05, 3.63) is 64.5 Å². The van der Waals surface area contributed by atoms with Gasteiger partial charge in [0.25, 0.3) is 5.91 Å². The summed E-state index contributed by atoms with van der Waals surface area (Å²) in [7, 11) is 1.83. The van der Waals surface area contributed by atoms with Crippen LogP contribution in [0.15, 0.2) is 46.9 Å². The zero-order valence-corrected chi connectivity index (χ0v) is 17.3. The number of aromatic nitrogens is 1. The molecule has 1 aliphatic heterocycles. The Bertz CT molecular complexity index is 995. The number of hydrogen-bond acceptors (Lipinski definition) is 4. The van der Waals surface area contributed by atoms with E-state index in [-0.39, 0.29) is 12.0 Å². The second-order valence-corrected chi connectivity index (χ2v) is 8.04. The van der Waals surface area contributed by atoms with Crippen molar-refractivity contribution >= 4 is 28.6 Å². The Balaban J connectivity index is 1.42. The van der Waals surface area contributed by atoms with Gasteiger partial charge in [-0.25, -0.2) is 4.98 Å². The molecule has 1 amide bonds. The highest BCUT2D eigenvalue weighted by Crippen LogP contribution is 2.22. The maximum atomic E-state index is 12.8. The number of fused-ring (bicyclic) bond motifs is 1. The van der Waals surface area contributed by atoms with Crippen LogP contribution in [0.1, 0.15) is 47.5 Å². The fourth-order valence-electron chi connectivity index (χ4n) is 3.70. The monoisotopic (exact) mass is 412 g/mol. The van der Waals surface area contributed by atoms with E-state index in [1.54, 1.807) is 11.0 Å². The Kier molecular flexibility index (Phi) is 6.16. The molecule has 2 heterocycles. The van der Waals surface area contributed by atoms with Gasteiger partial charge in [0, 0.05) is 37.2 Å². The highest BCUT2D eigenvalue weighted by molar-refractivity contribution is 6.30. The predicted octanol–water partition coefficient (Wildman–Crippen LogP) is 5.10. The van der Waals surface area contributed by atoms with E-state index in [9.17, 15) is 4.79 Å². The van der Waals surface area contributed by atoms with Crippen molar-refractivity contribution in [2.75, 3.05) is 20.2 Å². The van der Waals surface area contributed by atoms with E-state index in [1.807, 2.05) is 43.4 Å². The first-order valence-electron chi connectivity index (χ1n) is 10.1. The number of hydrogen-bond donors (Lipinski definition) is 0. The molecule has 0 radical (unpaired) electrons. The van der Waals surface area contributed by atoms with Gasteiger partial charge in [0.2, 0.25) is 0 Å². The summed E-state index contributed by atoms with van der Waals surface area (Å²) in [6.45, 7) is 1.51. The van der Waals surface area contributed by atoms with E-state index in [0.29, 0.717) is 35.0 Å². The molecule has 3 aromatic rings. The zero-order chi connectivity index (χ0) is 20.2. The Morgan fingerprint density at radius 2 is 2.14 bits per heavy atom. The smallest absolute Gasteiger partial charge is 0.253 e. The molecule has 6 heteroatoms. The SMILES string of the molecule is CN(CC[C@@H]1CCCCO1)C(=O)c1ccc2nc(Cc3cccc(Cl)c3)oc2c1. The Morgan fingerprint density at radius 1 is 1.24 bits per heavy atom. The van der Waals surface area contributed by atoms with E-state index < -0.39 is 0 Å². The van der Waals surface area contributed by atoms with Gasteiger partial charge in [-0.2, -0.15) is 0 Å². The summed E-state index contributed by atoms with van der Waals surface area (Å²) in [5, 5.41) is 0.688. The van der Waals surface area contributed by atoms with Crippen LogP contribution in [-0.2, 0) is 11.2 Å². The van der Waals surface area contributed by atoms with Gasteiger partial charge >= 0.3 is 0 Å². The quantitative estimate of drug-likeness (QED) is 0.565. The fourth-order valence-corrected chi connectivity index (χ4v) is 3.91. The van der Waals surface area contributed by atoms with Crippen molar-refractivity contribution in [2.24, 2.45) is 0 Å². The van der Waals surface area contributed by atoms with Crippen molar-refractivity contribution in [3.8, 4) is 0 Å². The molecule has 0 aliphatic carbocycles. The molecule has 0 bridgehead atoms. The van der Waals surface area contributed by atoms with Gasteiger partial charge in [0.15, 0.2) is 11.5 Å². The second kappa shape index (κ2) is 8.97. The molecular formula is C23H25ClN2O3. The van der Waals surface area contributed by atoms with E-state index in [0.717, 1.165) is 36.9 Å². The lowest BCUT2D eigenvalue weighted by molar-refractivity contribution is 0.00709. The van der Waals surface area contributed by atoms with Crippen LogP contribution in [0.2, 0.25) is 5.02 Å². The number of halogens is 1. The maximum Gasteiger partial charge on any atom is 0.253 e. The second-order valence-electron chi connectivity index (χ2n) is 7.60. The Hall–Kier alpha value is -2.37. The molecule has 4 rings (SSSR count). The number of carbonyl (C=O) groups is 1. The van der Waals surface area contributed by atoms with Gasteiger partial charge in [0.05, 0.1) is 6.10 Å². The maximum absolute atomic E-state index is 12.8. The van der Waals surface area contributed by atoms with Crippen molar-refractivity contribution < 1.29 is 13.9 Å². The van der Waals surface area contributed by atoms with Crippen molar-refractivity contribution in [1.82, 2.24) is 9.88 Å². The summed E-state index contributed by atoms with van der Waals surface area (Å²) in [4.78, 5) is 19.1. The summed E-state index contributed by atoms with van der Waals surface area (Å²) in [6, 6.07) is 13.1. The van der Waals surface area contributed by atoms with Crippen LogP contribution in [0.5, 0.6) is 0 Å². The standard InChI is InChI=1S/C23H25ClN2O3/c1-26(11-10-19-7-2-3-12-28-19)23(27)17-8-9-20-21(15-17)29-22(25-20)14-16-5-4-6-18(24)13-16/h4-6,8-9,13,15,19H,2-3,7,10-12,14H2,1H3/t19-/m0/s1. The third-order valence-electron chi connectivity index (χ3n) is 5.33. The van der Waals surface area contributed by atoms with E-state index in [2.05, 4.69) is 4.98 Å². The van der Waals surface area contributed by atoms with Crippen LogP contribution >= 0.6 is 11.6 Å². The number of rotatable bonds is 6. The van der Waals surface area contributed by atoms with E-state index in [1.165, 1.54) is 6.42 Å². The summed E-state index contributed by atoms with van der Waals surface area (Å²) >= 11 is 6.05. The van der Waals surface area contributed by atoms with E-state index >= 15 is 0 Å². The molecule has 0 saturated carbocycles. The number of oxazole rings is 1. The normalized spacial score (nSPS) is 16.8. The molecule has 29 heavy (non-hydrogen) atoms. The number of benzene rings is 2. The highest BCUT2D eigenvalue weighted by atomic mass is 35.5. The van der Waals surface area contributed by atoms with Crippen LogP contribution in [0.3, 0.4) is 0 Å². The van der Waals surface area contributed by atoms with Crippen molar-refractivity contribution in [3.63, 3.8) is 0 Å². The van der Waals surface area contributed by atoms with Crippen molar-refractivity contribution in [2.45, 2.75) is 38.2 Å². The molecule has 0 N–H and O–H groups in total. The minimum absolute atomic E-state index is 0.0181. The minimum atomic E-state index is -0.0181. The number of carbonyl (C=O) groups excluding carboxylic acids is 1. The number of nitrogens with zero attached hydrogens (tertiary/aromatic N) is 2. The van der Waals surface area contributed by atoms with Crippen LogP contribution < -0.4 is 0 Å². The van der Waals surface area contributed by atoms with Crippen molar-refractivity contribution in [1.29, 1.82) is 0 Å². The molecule has 152 valence electrons. The van der Waals surface area contributed by atoms with Gasteiger partial charge in [-0.1, -0.05) is 23.7 Å². The minimum Gasteiger partial charge on any atom is -0.440 e. The first kappa shape index (κ1) is 19.9. The first-order chi connectivity index (χ1) is 14.1. The molecule has 1 aliphatic rings. The number of ether oxygens (including phenoxy) is 1. The summed E-state index contributed by atoms with van der Waals surface area (Å²) in [5.41, 5.74) is 3.01. The molecule has 1 saturated heterocycles. The highest BCUT2D eigenvalue weighted by Gasteiger charge is 2.18. The molecule has 0 spiro atoms. The van der Waals surface area contributed by atoms with Gasteiger partial charge in [-0.3, -0.25) is 4.79 Å². The predicted molar refractivity (Wildman–Crippen MR) is 113 cm³/mol. The molecule has 1 aromatic heterocycles. The van der Waals surface area contributed by atoms with Gasteiger partial charge in [0.1, 0.15) is 5.52 Å². The molecule has 2 aromatic carbocycles. The molecule has 0 unspecified atom stereocenters. The van der Waals surface area contributed by atoms with Crippen LogP contribution in [0.25, 0.3) is 11.1 Å². The van der Waals surface area contributed by atoms with Gasteiger partial charge < -0.3 is 14.1 Å². The molecule has 1 fully saturated rings. The summed E-state index contributed by atoms with van der Waals surface area (Å²) in [5.74, 6) is 0.588. The lowest BCUT2D eigenvalue weighted by Crippen LogP contribution is -2.31. The third-order valence-corrected chi connectivity index (χ3v) is 5.57. The lowest BCUT2D eigenvalue weighted by atomic mass is 10.1. The molecule has 1 atom stereocenters. The Labute approximate surface area is 175 Å². The zero-order valence-electron chi connectivity index (χ0n) is 16.6. The topological polar surface area (TPSA) is 55.6 Å². The average molecular weight is 413 g/mol. The number of amides is 1. The lowest BCUT2D eigenvalue weighted by Gasteiger charge is -2.25.